The van der Waals surface area contributed by atoms with Crippen LogP contribution in [0.3, 0.4) is 0 Å². The maximum Gasteiger partial charge on any atom is 0.307 e. The van der Waals surface area contributed by atoms with E-state index in [0.717, 1.165) is 0 Å². The Morgan fingerprint density at radius 3 is 2.04 bits per heavy atom. The Bertz CT molecular complexity index is 638. The van der Waals surface area contributed by atoms with E-state index >= 15 is 0 Å². The standard InChI is InChI=1S/C16H17ClN2O4/c17-11-3-1-10(2-4-11)14(20)18-5-7-19(8-6-18)15(21)12-9-13(12)16(22)23/h1-4,12-13H,5-9H2,(H,22,23). The molecule has 7 heteroatoms. The number of carbonyl (C=O) groups excluding carboxylic acids is 2. The molecular formula is C16H17ClN2O4. The number of hydrogen-bond donors (Lipinski definition) is 1. The fourth-order valence-electron chi connectivity index (χ4n) is 2.88. The first kappa shape index (κ1) is 15.8. The molecule has 3 rings (SSSR count). The predicted molar refractivity (Wildman–Crippen MR) is 83.2 cm³/mol. The Balaban J connectivity index is 1.54. The van der Waals surface area contributed by atoms with Gasteiger partial charge in [0.1, 0.15) is 0 Å². The largest absolute Gasteiger partial charge is 0.481 e. The van der Waals surface area contributed by atoms with Gasteiger partial charge in [0.05, 0.1) is 11.8 Å². The van der Waals surface area contributed by atoms with Crippen molar-refractivity contribution >= 4 is 29.4 Å². The van der Waals surface area contributed by atoms with Crippen LogP contribution in [0.4, 0.5) is 0 Å². The minimum absolute atomic E-state index is 0.0800. The van der Waals surface area contributed by atoms with E-state index in [1.165, 1.54) is 0 Å². The third-order valence-electron chi connectivity index (χ3n) is 4.39. The monoisotopic (exact) mass is 336 g/mol. The second-order valence-corrected chi connectivity index (χ2v) is 6.35. The first-order chi connectivity index (χ1) is 11.0. The van der Waals surface area contributed by atoms with E-state index in [2.05, 4.69) is 0 Å². The molecule has 0 bridgehead atoms. The van der Waals surface area contributed by atoms with Crippen molar-refractivity contribution in [2.45, 2.75) is 6.42 Å². The molecule has 1 aromatic rings. The number of benzene rings is 1. The molecule has 0 radical (unpaired) electrons. The molecule has 2 unspecified atom stereocenters. The summed E-state index contributed by atoms with van der Waals surface area (Å²) in [6.07, 6.45) is 0.429. The molecule has 1 saturated heterocycles. The van der Waals surface area contributed by atoms with Crippen LogP contribution in [0.5, 0.6) is 0 Å². The van der Waals surface area contributed by atoms with E-state index in [9.17, 15) is 14.4 Å². The highest BCUT2D eigenvalue weighted by Gasteiger charge is 2.50. The number of carboxylic acid groups (broad SMARTS) is 1. The van der Waals surface area contributed by atoms with E-state index in [1.807, 2.05) is 0 Å². The molecule has 1 heterocycles. The van der Waals surface area contributed by atoms with Crippen molar-refractivity contribution < 1.29 is 19.5 Å². The van der Waals surface area contributed by atoms with Gasteiger partial charge in [-0.05, 0) is 30.7 Å². The lowest BCUT2D eigenvalue weighted by molar-refractivity contribution is -0.142. The maximum atomic E-state index is 12.4. The summed E-state index contributed by atoms with van der Waals surface area (Å²) in [5, 5.41) is 9.48. The second kappa shape index (κ2) is 6.20. The molecule has 2 atom stereocenters. The lowest BCUT2D eigenvalue weighted by Gasteiger charge is -2.35. The zero-order valence-electron chi connectivity index (χ0n) is 12.4. The lowest BCUT2D eigenvalue weighted by Crippen LogP contribution is -2.51. The summed E-state index contributed by atoms with van der Waals surface area (Å²) < 4.78 is 0. The number of halogens is 1. The molecule has 1 N–H and O–H groups in total. The minimum Gasteiger partial charge on any atom is -0.481 e. The molecule has 2 amide bonds. The molecule has 2 fully saturated rings. The van der Waals surface area contributed by atoms with Crippen LogP contribution >= 0.6 is 11.6 Å². The van der Waals surface area contributed by atoms with E-state index < -0.39 is 11.9 Å². The molecule has 122 valence electrons. The Morgan fingerprint density at radius 1 is 0.957 bits per heavy atom. The third-order valence-corrected chi connectivity index (χ3v) is 4.65. The van der Waals surface area contributed by atoms with Crippen LogP contribution in [-0.4, -0.2) is 58.9 Å². The zero-order chi connectivity index (χ0) is 16.6. The van der Waals surface area contributed by atoms with Gasteiger partial charge >= 0.3 is 5.97 Å². The summed E-state index contributed by atoms with van der Waals surface area (Å²) in [4.78, 5) is 38.8. The van der Waals surface area contributed by atoms with Crippen LogP contribution in [0, 0.1) is 11.8 Å². The number of amides is 2. The van der Waals surface area contributed by atoms with Crippen molar-refractivity contribution in [3.63, 3.8) is 0 Å². The fraction of sp³-hybridized carbons (Fsp3) is 0.438. The molecule has 1 saturated carbocycles. The molecule has 23 heavy (non-hydrogen) atoms. The highest BCUT2D eigenvalue weighted by molar-refractivity contribution is 6.30. The van der Waals surface area contributed by atoms with Crippen molar-refractivity contribution in [2.24, 2.45) is 11.8 Å². The number of hydrogen-bond acceptors (Lipinski definition) is 3. The minimum atomic E-state index is -0.903. The first-order valence-electron chi connectivity index (χ1n) is 7.54. The Morgan fingerprint density at radius 2 is 1.52 bits per heavy atom. The van der Waals surface area contributed by atoms with E-state index in [4.69, 9.17) is 16.7 Å². The van der Waals surface area contributed by atoms with Gasteiger partial charge in [-0.2, -0.15) is 0 Å². The number of carboxylic acids is 1. The molecule has 6 nitrogen and oxygen atoms in total. The molecule has 2 aliphatic rings. The van der Waals surface area contributed by atoms with Crippen molar-refractivity contribution in [1.82, 2.24) is 9.80 Å². The zero-order valence-corrected chi connectivity index (χ0v) is 13.2. The summed E-state index contributed by atoms with van der Waals surface area (Å²) >= 11 is 5.81. The topological polar surface area (TPSA) is 77.9 Å². The predicted octanol–water partition coefficient (Wildman–Crippen LogP) is 1.35. The first-order valence-corrected chi connectivity index (χ1v) is 7.91. The van der Waals surface area contributed by atoms with Gasteiger partial charge < -0.3 is 14.9 Å². The maximum absolute atomic E-state index is 12.4. The highest BCUT2D eigenvalue weighted by Crippen LogP contribution is 2.40. The van der Waals surface area contributed by atoms with Gasteiger partial charge in [0.15, 0.2) is 0 Å². The average molecular weight is 337 g/mol. The third kappa shape index (κ3) is 3.32. The van der Waals surface area contributed by atoms with Crippen LogP contribution in [-0.2, 0) is 9.59 Å². The Hall–Kier alpha value is -2.08. The number of piperazine rings is 1. The van der Waals surface area contributed by atoms with Crippen LogP contribution in [0.15, 0.2) is 24.3 Å². The van der Waals surface area contributed by atoms with Crippen LogP contribution in [0.25, 0.3) is 0 Å². The summed E-state index contributed by atoms with van der Waals surface area (Å²) in [5.74, 6) is -2.00. The SMILES string of the molecule is O=C(O)C1CC1C(=O)N1CCN(C(=O)c2ccc(Cl)cc2)CC1. The van der Waals surface area contributed by atoms with Gasteiger partial charge in [-0.25, -0.2) is 0 Å². The molecule has 1 aliphatic carbocycles. The van der Waals surface area contributed by atoms with Crippen molar-refractivity contribution in [1.29, 1.82) is 0 Å². The quantitative estimate of drug-likeness (QED) is 0.903. The lowest BCUT2D eigenvalue weighted by atomic mass is 10.1. The summed E-state index contributed by atoms with van der Waals surface area (Å²) in [5.41, 5.74) is 0.572. The van der Waals surface area contributed by atoms with Crippen LogP contribution in [0.2, 0.25) is 5.02 Å². The molecule has 1 aliphatic heterocycles. The highest BCUT2D eigenvalue weighted by atomic mass is 35.5. The summed E-state index contributed by atoms with van der Waals surface area (Å²) in [6, 6.07) is 6.72. The number of nitrogens with zero attached hydrogens (tertiary/aromatic N) is 2. The number of carbonyl (C=O) groups is 3. The molecule has 0 spiro atoms. The smallest absolute Gasteiger partial charge is 0.307 e. The van der Waals surface area contributed by atoms with Crippen molar-refractivity contribution in [3.8, 4) is 0 Å². The van der Waals surface area contributed by atoms with Crippen LogP contribution in [0.1, 0.15) is 16.8 Å². The average Bonchev–Trinajstić information content (AvgIpc) is 3.35. The number of rotatable bonds is 3. The normalized spacial score (nSPS) is 23.5. The second-order valence-electron chi connectivity index (χ2n) is 5.91. The van der Waals surface area contributed by atoms with Gasteiger partial charge in [-0.1, -0.05) is 11.6 Å². The molecular weight excluding hydrogens is 320 g/mol. The molecule has 0 aromatic heterocycles. The van der Waals surface area contributed by atoms with Crippen molar-refractivity contribution in [3.05, 3.63) is 34.9 Å². The van der Waals surface area contributed by atoms with Gasteiger partial charge in [0.25, 0.3) is 5.91 Å². The summed E-state index contributed by atoms with van der Waals surface area (Å²) in [7, 11) is 0. The number of aliphatic carboxylic acids is 1. The fourth-order valence-corrected chi connectivity index (χ4v) is 3.01. The van der Waals surface area contributed by atoms with E-state index in [1.54, 1.807) is 34.1 Å². The van der Waals surface area contributed by atoms with Gasteiger partial charge in [-0.15, -0.1) is 0 Å². The van der Waals surface area contributed by atoms with E-state index in [0.29, 0.717) is 43.2 Å². The van der Waals surface area contributed by atoms with Crippen molar-refractivity contribution in [2.75, 3.05) is 26.2 Å². The Kier molecular flexibility index (Phi) is 4.26. The Labute approximate surface area is 138 Å². The molecule has 1 aromatic carbocycles. The van der Waals surface area contributed by atoms with Gasteiger partial charge in [0.2, 0.25) is 5.91 Å². The van der Waals surface area contributed by atoms with Crippen LogP contribution < -0.4 is 0 Å². The van der Waals surface area contributed by atoms with Gasteiger partial charge in [-0.3, -0.25) is 14.4 Å². The van der Waals surface area contributed by atoms with Gasteiger partial charge in [0, 0.05) is 36.8 Å². The summed E-state index contributed by atoms with van der Waals surface area (Å²) in [6.45, 7) is 1.80. The van der Waals surface area contributed by atoms with E-state index in [-0.39, 0.29) is 17.7 Å².